The van der Waals surface area contributed by atoms with E-state index in [4.69, 9.17) is 15.5 Å². The first-order chi connectivity index (χ1) is 12.8. The number of benzene rings is 3. The first-order valence-corrected chi connectivity index (χ1v) is 9.09. The smallest absolute Gasteiger partial charge is 0.127 e. The SMILES string of the molecule is CCC(N)c1nc2ccccc2n1CCOc1cccc2ccccc12. The fourth-order valence-electron chi connectivity index (χ4n) is 3.36. The lowest BCUT2D eigenvalue weighted by Crippen LogP contribution is -2.18. The summed E-state index contributed by atoms with van der Waals surface area (Å²) >= 11 is 0. The van der Waals surface area contributed by atoms with Crippen LogP contribution in [0, 0.1) is 0 Å². The fourth-order valence-corrected chi connectivity index (χ4v) is 3.36. The molecule has 1 unspecified atom stereocenters. The topological polar surface area (TPSA) is 53.1 Å². The predicted octanol–water partition coefficient (Wildman–Crippen LogP) is 4.68. The third kappa shape index (κ3) is 3.04. The lowest BCUT2D eigenvalue weighted by molar-refractivity contribution is 0.300. The molecule has 4 rings (SSSR count). The van der Waals surface area contributed by atoms with E-state index >= 15 is 0 Å². The Morgan fingerprint density at radius 1 is 1.00 bits per heavy atom. The van der Waals surface area contributed by atoms with Gasteiger partial charge >= 0.3 is 0 Å². The number of aromatic nitrogens is 2. The van der Waals surface area contributed by atoms with Gasteiger partial charge in [-0.2, -0.15) is 0 Å². The van der Waals surface area contributed by atoms with Gasteiger partial charge in [-0.15, -0.1) is 0 Å². The van der Waals surface area contributed by atoms with Gasteiger partial charge in [-0.05, 0) is 30.0 Å². The van der Waals surface area contributed by atoms with Gasteiger partial charge in [0.25, 0.3) is 0 Å². The van der Waals surface area contributed by atoms with Crippen molar-refractivity contribution in [1.29, 1.82) is 0 Å². The Hall–Kier alpha value is -2.85. The Kier molecular flexibility index (Phi) is 4.59. The molecule has 0 saturated heterocycles. The quantitative estimate of drug-likeness (QED) is 0.552. The van der Waals surface area contributed by atoms with Crippen LogP contribution in [0.2, 0.25) is 0 Å². The van der Waals surface area contributed by atoms with Crippen molar-refractivity contribution in [2.45, 2.75) is 25.9 Å². The summed E-state index contributed by atoms with van der Waals surface area (Å²) in [6.45, 7) is 3.37. The minimum absolute atomic E-state index is 0.0695. The molecule has 1 aromatic heterocycles. The van der Waals surface area contributed by atoms with Crippen LogP contribution in [0.15, 0.2) is 66.7 Å². The molecule has 0 amide bonds. The molecule has 0 aliphatic heterocycles. The molecule has 0 aliphatic carbocycles. The van der Waals surface area contributed by atoms with Crippen molar-refractivity contribution < 1.29 is 4.74 Å². The van der Waals surface area contributed by atoms with Crippen LogP contribution in [0.25, 0.3) is 21.8 Å². The number of imidazole rings is 1. The van der Waals surface area contributed by atoms with Crippen LogP contribution in [0.5, 0.6) is 5.75 Å². The average Bonchev–Trinajstić information content (AvgIpc) is 3.06. The van der Waals surface area contributed by atoms with E-state index in [0.29, 0.717) is 13.2 Å². The predicted molar refractivity (Wildman–Crippen MR) is 106 cm³/mol. The maximum atomic E-state index is 6.29. The molecule has 3 aromatic carbocycles. The van der Waals surface area contributed by atoms with Gasteiger partial charge in [-0.1, -0.05) is 55.5 Å². The van der Waals surface area contributed by atoms with E-state index in [1.165, 1.54) is 5.39 Å². The van der Waals surface area contributed by atoms with Gasteiger partial charge in [0.15, 0.2) is 0 Å². The molecule has 4 aromatic rings. The summed E-state index contributed by atoms with van der Waals surface area (Å²) in [6, 6.07) is 22.5. The van der Waals surface area contributed by atoms with Crippen molar-refractivity contribution >= 4 is 21.8 Å². The van der Waals surface area contributed by atoms with Gasteiger partial charge < -0.3 is 15.0 Å². The largest absolute Gasteiger partial charge is 0.491 e. The minimum atomic E-state index is -0.0695. The van der Waals surface area contributed by atoms with Crippen LogP contribution in [0.4, 0.5) is 0 Å². The molecule has 0 saturated carbocycles. The van der Waals surface area contributed by atoms with Gasteiger partial charge in [0.1, 0.15) is 18.2 Å². The molecular weight excluding hydrogens is 322 g/mol. The number of hydrogen-bond donors (Lipinski definition) is 1. The first-order valence-electron chi connectivity index (χ1n) is 9.09. The summed E-state index contributed by atoms with van der Waals surface area (Å²) in [5.41, 5.74) is 8.38. The van der Waals surface area contributed by atoms with Gasteiger partial charge in [0.2, 0.25) is 0 Å². The molecule has 0 spiro atoms. The zero-order chi connectivity index (χ0) is 17.9. The van der Waals surface area contributed by atoms with E-state index in [1.807, 2.05) is 42.5 Å². The number of ether oxygens (including phenoxy) is 1. The normalized spacial score (nSPS) is 12.5. The second-order valence-electron chi connectivity index (χ2n) is 6.45. The highest BCUT2D eigenvalue weighted by Gasteiger charge is 2.15. The molecule has 26 heavy (non-hydrogen) atoms. The average molecular weight is 345 g/mol. The fraction of sp³-hybridized carbons (Fsp3) is 0.227. The lowest BCUT2D eigenvalue weighted by atomic mass is 10.1. The van der Waals surface area contributed by atoms with Crippen molar-refractivity contribution in [2.75, 3.05) is 6.61 Å². The van der Waals surface area contributed by atoms with Crippen molar-refractivity contribution in [3.05, 3.63) is 72.6 Å². The summed E-state index contributed by atoms with van der Waals surface area (Å²) in [5.74, 6) is 1.84. The van der Waals surface area contributed by atoms with E-state index in [2.05, 4.69) is 35.8 Å². The summed E-state index contributed by atoms with van der Waals surface area (Å²) in [6.07, 6.45) is 0.855. The van der Waals surface area contributed by atoms with E-state index in [-0.39, 0.29) is 6.04 Å². The second-order valence-corrected chi connectivity index (χ2v) is 6.45. The maximum Gasteiger partial charge on any atom is 0.127 e. The maximum absolute atomic E-state index is 6.29. The van der Waals surface area contributed by atoms with Gasteiger partial charge in [0, 0.05) is 5.39 Å². The highest BCUT2D eigenvalue weighted by atomic mass is 16.5. The summed E-state index contributed by atoms with van der Waals surface area (Å²) in [5, 5.41) is 2.32. The number of hydrogen-bond acceptors (Lipinski definition) is 3. The Labute approximate surface area is 153 Å². The number of fused-ring (bicyclic) bond motifs is 2. The molecule has 0 aliphatic rings. The molecular formula is C22H23N3O. The molecule has 1 heterocycles. The molecule has 4 heteroatoms. The third-order valence-electron chi connectivity index (χ3n) is 4.78. The first kappa shape index (κ1) is 16.6. The van der Waals surface area contributed by atoms with Crippen LogP contribution >= 0.6 is 0 Å². The highest BCUT2D eigenvalue weighted by molar-refractivity contribution is 5.88. The summed E-state index contributed by atoms with van der Waals surface area (Å²) in [4.78, 5) is 4.74. The number of para-hydroxylation sites is 2. The van der Waals surface area contributed by atoms with Crippen LogP contribution in [-0.2, 0) is 6.54 Å². The molecule has 4 nitrogen and oxygen atoms in total. The summed E-state index contributed by atoms with van der Waals surface area (Å²) in [7, 11) is 0. The van der Waals surface area contributed by atoms with Gasteiger partial charge in [-0.25, -0.2) is 4.98 Å². The molecule has 1 atom stereocenters. The van der Waals surface area contributed by atoms with Crippen LogP contribution < -0.4 is 10.5 Å². The second kappa shape index (κ2) is 7.18. The highest BCUT2D eigenvalue weighted by Crippen LogP contribution is 2.26. The monoisotopic (exact) mass is 345 g/mol. The van der Waals surface area contributed by atoms with Crippen molar-refractivity contribution in [3.8, 4) is 5.75 Å². The van der Waals surface area contributed by atoms with Gasteiger partial charge in [-0.3, -0.25) is 0 Å². The van der Waals surface area contributed by atoms with Crippen LogP contribution in [0.1, 0.15) is 25.2 Å². The Bertz CT molecular complexity index is 1030. The third-order valence-corrected chi connectivity index (χ3v) is 4.78. The number of nitrogens with zero attached hydrogens (tertiary/aromatic N) is 2. The number of nitrogens with two attached hydrogens (primary N) is 1. The van der Waals surface area contributed by atoms with Crippen LogP contribution in [-0.4, -0.2) is 16.2 Å². The van der Waals surface area contributed by atoms with Crippen molar-refractivity contribution in [3.63, 3.8) is 0 Å². The van der Waals surface area contributed by atoms with Crippen LogP contribution in [0.3, 0.4) is 0 Å². The number of rotatable bonds is 6. The molecule has 0 bridgehead atoms. The van der Waals surface area contributed by atoms with E-state index < -0.39 is 0 Å². The van der Waals surface area contributed by atoms with E-state index in [9.17, 15) is 0 Å². The van der Waals surface area contributed by atoms with E-state index in [0.717, 1.165) is 34.4 Å². The Morgan fingerprint density at radius 3 is 2.65 bits per heavy atom. The van der Waals surface area contributed by atoms with Crippen molar-refractivity contribution in [2.24, 2.45) is 5.73 Å². The molecule has 0 fully saturated rings. The minimum Gasteiger partial charge on any atom is -0.491 e. The standard InChI is InChI=1S/C22H23N3O/c1-2-18(23)22-24-19-11-5-6-12-20(19)25(22)14-15-26-21-13-7-9-16-8-3-4-10-17(16)21/h3-13,18H,2,14-15,23H2,1H3. The van der Waals surface area contributed by atoms with Crippen molar-refractivity contribution in [1.82, 2.24) is 9.55 Å². The summed E-state index contributed by atoms with van der Waals surface area (Å²) < 4.78 is 8.31. The van der Waals surface area contributed by atoms with Gasteiger partial charge in [0.05, 0.1) is 23.6 Å². The Morgan fingerprint density at radius 2 is 1.77 bits per heavy atom. The molecule has 2 N–H and O–H groups in total. The zero-order valence-electron chi connectivity index (χ0n) is 14.9. The molecule has 0 radical (unpaired) electrons. The lowest BCUT2D eigenvalue weighted by Gasteiger charge is -2.14. The molecule has 132 valence electrons. The Balaban J connectivity index is 1.60. The zero-order valence-corrected chi connectivity index (χ0v) is 14.9. The van der Waals surface area contributed by atoms with E-state index in [1.54, 1.807) is 0 Å².